The van der Waals surface area contributed by atoms with E-state index in [0.717, 1.165) is 34.2 Å². The van der Waals surface area contributed by atoms with Crippen molar-refractivity contribution in [3.8, 4) is 5.75 Å². The largest absolute Gasteiger partial charge is 0.495 e. The summed E-state index contributed by atoms with van der Waals surface area (Å²) in [7, 11) is 1.65. The molecule has 0 amide bonds. The van der Waals surface area contributed by atoms with E-state index in [1.165, 1.54) is 4.88 Å². The van der Waals surface area contributed by atoms with Gasteiger partial charge in [-0.05, 0) is 32.4 Å². The summed E-state index contributed by atoms with van der Waals surface area (Å²) in [6.07, 6.45) is 0. The monoisotopic (exact) mass is 296 g/mol. The van der Waals surface area contributed by atoms with Crippen LogP contribution in [0.1, 0.15) is 21.1 Å². The summed E-state index contributed by atoms with van der Waals surface area (Å²) in [5, 5.41) is 5.20. The Morgan fingerprint density at radius 3 is 2.63 bits per heavy atom. The van der Waals surface area contributed by atoms with Gasteiger partial charge in [0.1, 0.15) is 5.75 Å². The second-order valence-electron chi connectivity index (χ2n) is 4.40. The van der Waals surface area contributed by atoms with Gasteiger partial charge in [0, 0.05) is 16.0 Å². The van der Waals surface area contributed by atoms with Crippen molar-refractivity contribution >= 4 is 28.6 Å². The lowest BCUT2D eigenvalue weighted by molar-refractivity contribution is 0.416. The van der Waals surface area contributed by atoms with Crippen LogP contribution in [0.3, 0.4) is 0 Å². The van der Waals surface area contributed by atoms with Crippen LogP contribution in [0.2, 0.25) is 5.02 Å². The van der Waals surface area contributed by atoms with Gasteiger partial charge in [-0.15, -0.1) is 11.3 Å². The number of aromatic nitrogens is 1. The average molecular weight is 297 g/mol. The molecule has 1 heterocycles. The van der Waals surface area contributed by atoms with Crippen LogP contribution in [0.25, 0.3) is 0 Å². The third-order valence-corrected chi connectivity index (χ3v) is 4.40. The number of thiazole rings is 1. The number of benzene rings is 1. The zero-order valence-electron chi connectivity index (χ0n) is 11.5. The molecule has 0 aliphatic carbocycles. The number of aryl methyl sites for hydroxylation is 3. The Kier molecular flexibility index (Phi) is 4.32. The van der Waals surface area contributed by atoms with Crippen LogP contribution in [0.4, 0.5) is 5.69 Å². The smallest absolute Gasteiger partial charge is 0.143 e. The Hall–Kier alpha value is -1.26. The Morgan fingerprint density at radius 1 is 1.32 bits per heavy atom. The van der Waals surface area contributed by atoms with E-state index in [1.54, 1.807) is 18.4 Å². The average Bonchev–Trinajstić information content (AvgIpc) is 2.68. The SMILES string of the molecule is COc1cc(Cl)c(C)cc1NCc1sc(C)nc1C. The molecule has 0 fully saturated rings. The molecule has 1 aromatic heterocycles. The van der Waals surface area contributed by atoms with E-state index in [0.29, 0.717) is 5.02 Å². The minimum absolute atomic E-state index is 0.715. The van der Waals surface area contributed by atoms with Crippen molar-refractivity contribution in [2.45, 2.75) is 27.3 Å². The van der Waals surface area contributed by atoms with Crippen molar-refractivity contribution in [2.75, 3.05) is 12.4 Å². The summed E-state index contributed by atoms with van der Waals surface area (Å²) < 4.78 is 5.35. The molecule has 102 valence electrons. The van der Waals surface area contributed by atoms with Gasteiger partial charge in [0.05, 0.1) is 30.0 Å². The van der Waals surface area contributed by atoms with Crippen LogP contribution in [0.15, 0.2) is 12.1 Å². The molecule has 1 aromatic carbocycles. The molecule has 5 heteroatoms. The maximum absolute atomic E-state index is 6.09. The number of nitrogens with one attached hydrogen (secondary N) is 1. The van der Waals surface area contributed by atoms with E-state index < -0.39 is 0 Å². The summed E-state index contributed by atoms with van der Waals surface area (Å²) >= 11 is 7.81. The molecule has 1 N–H and O–H groups in total. The highest BCUT2D eigenvalue weighted by Crippen LogP contribution is 2.31. The first kappa shape index (κ1) is 14.2. The Bertz CT molecular complexity index is 595. The second-order valence-corrected chi connectivity index (χ2v) is 6.09. The maximum Gasteiger partial charge on any atom is 0.143 e. The highest BCUT2D eigenvalue weighted by Gasteiger charge is 2.09. The standard InChI is InChI=1S/C14H17ClN2OS/c1-8-5-12(13(18-4)6-11(8)15)16-7-14-9(2)17-10(3)19-14/h5-6,16H,7H2,1-4H3. The number of anilines is 1. The van der Waals surface area contributed by atoms with E-state index in [2.05, 4.69) is 10.3 Å². The number of methoxy groups -OCH3 is 1. The van der Waals surface area contributed by atoms with Gasteiger partial charge in [-0.2, -0.15) is 0 Å². The fourth-order valence-corrected chi connectivity index (χ4v) is 2.91. The fraction of sp³-hybridized carbons (Fsp3) is 0.357. The lowest BCUT2D eigenvalue weighted by atomic mass is 10.2. The van der Waals surface area contributed by atoms with Gasteiger partial charge in [-0.1, -0.05) is 11.6 Å². The minimum Gasteiger partial charge on any atom is -0.495 e. The number of hydrogen-bond acceptors (Lipinski definition) is 4. The normalized spacial score (nSPS) is 10.6. The highest BCUT2D eigenvalue weighted by molar-refractivity contribution is 7.11. The summed E-state index contributed by atoms with van der Waals surface area (Å²) in [6.45, 7) is 6.78. The van der Waals surface area contributed by atoms with Gasteiger partial charge in [-0.3, -0.25) is 0 Å². The Balaban J connectivity index is 2.19. The zero-order valence-corrected chi connectivity index (χ0v) is 13.1. The number of ether oxygens (including phenoxy) is 1. The molecule has 0 saturated carbocycles. The predicted molar refractivity (Wildman–Crippen MR) is 81.7 cm³/mol. The van der Waals surface area contributed by atoms with Gasteiger partial charge in [0.15, 0.2) is 0 Å². The summed E-state index contributed by atoms with van der Waals surface area (Å²) in [5.74, 6) is 0.759. The van der Waals surface area contributed by atoms with Gasteiger partial charge in [0.2, 0.25) is 0 Å². The molecule has 19 heavy (non-hydrogen) atoms. The van der Waals surface area contributed by atoms with Crippen LogP contribution in [-0.4, -0.2) is 12.1 Å². The first-order valence-corrected chi connectivity index (χ1v) is 7.21. The Morgan fingerprint density at radius 2 is 2.05 bits per heavy atom. The molecule has 0 saturated heterocycles. The molecule has 0 atom stereocenters. The molecular weight excluding hydrogens is 280 g/mol. The van der Waals surface area contributed by atoms with Crippen molar-refractivity contribution in [3.05, 3.63) is 38.3 Å². The van der Waals surface area contributed by atoms with Gasteiger partial charge in [-0.25, -0.2) is 4.98 Å². The minimum atomic E-state index is 0.715. The van der Waals surface area contributed by atoms with E-state index in [4.69, 9.17) is 16.3 Å². The van der Waals surface area contributed by atoms with Gasteiger partial charge < -0.3 is 10.1 Å². The molecule has 2 rings (SSSR count). The molecule has 0 bridgehead atoms. The van der Waals surface area contributed by atoms with Crippen LogP contribution >= 0.6 is 22.9 Å². The molecule has 2 aromatic rings. The van der Waals surface area contributed by atoms with Gasteiger partial charge in [0.25, 0.3) is 0 Å². The molecular formula is C14H17ClN2OS. The lowest BCUT2D eigenvalue weighted by Crippen LogP contribution is -2.01. The van der Waals surface area contributed by atoms with E-state index >= 15 is 0 Å². The van der Waals surface area contributed by atoms with Crippen molar-refractivity contribution < 1.29 is 4.74 Å². The van der Waals surface area contributed by atoms with Crippen molar-refractivity contribution in [1.82, 2.24) is 4.98 Å². The zero-order chi connectivity index (χ0) is 14.0. The van der Waals surface area contributed by atoms with Gasteiger partial charge >= 0.3 is 0 Å². The predicted octanol–water partition coefficient (Wildman–Crippen LogP) is 4.34. The van der Waals surface area contributed by atoms with Crippen molar-refractivity contribution in [1.29, 1.82) is 0 Å². The van der Waals surface area contributed by atoms with Crippen LogP contribution in [0.5, 0.6) is 5.75 Å². The first-order chi connectivity index (χ1) is 9.01. The molecule has 0 spiro atoms. The fourth-order valence-electron chi connectivity index (χ4n) is 1.88. The quantitative estimate of drug-likeness (QED) is 0.911. The third kappa shape index (κ3) is 3.19. The van der Waals surface area contributed by atoms with Crippen molar-refractivity contribution in [3.63, 3.8) is 0 Å². The second kappa shape index (κ2) is 5.80. The number of halogens is 1. The molecule has 0 aliphatic heterocycles. The highest BCUT2D eigenvalue weighted by atomic mass is 35.5. The first-order valence-electron chi connectivity index (χ1n) is 6.02. The van der Waals surface area contributed by atoms with E-state index in [9.17, 15) is 0 Å². The topological polar surface area (TPSA) is 34.1 Å². The van der Waals surface area contributed by atoms with E-state index in [1.807, 2.05) is 32.9 Å². The van der Waals surface area contributed by atoms with Crippen LogP contribution in [0, 0.1) is 20.8 Å². The number of hydrogen-bond donors (Lipinski definition) is 1. The molecule has 0 radical (unpaired) electrons. The maximum atomic E-state index is 6.09. The molecule has 3 nitrogen and oxygen atoms in total. The summed E-state index contributed by atoms with van der Waals surface area (Å²) in [5.41, 5.74) is 3.07. The number of rotatable bonds is 4. The lowest BCUT2D eigenvalue weighted by Gasteiger charge is -2.12. The molecule has 0 unspecified atom stereocenters. The van der Waals surface area contributed by atoms with Crippen LogP contribution < -0.4 is 10.1 Å². The molecule has 0 aliphatic rings. The van der Waals surface area contributed by atoms with Crippen molar-refractivity contribution in [2.24, 2.45) is 0 Å². The third-order valence-electron chi connectivity index (χ3n) is 2.92. The summed E-state index contributed by atoms with van der Waals surface area (Å²) in [6, 6.07) is 3.84. The number of nitrogens with zero attached hydrogens (tertiary/aromatic N) is 1. The summed E-state index contributed by atoms with van der Waals surface area (Å²) in [4.78, 5) is 5.67. The Labute approximate surface area is 122 Å². The van der Waals surface area contributed by atoms with Crippen LogP contribution in [-0.2, 0) is 6.54 Å². The van der Waals surface area contributed by atoms with E-state index in [-0.39, 0.29) is 0 Å².